The Morgan fingerprint density at radius 1 is 1.44 bits per heavy atom. The van der Waals surface area contributed by atoms with Gasteiger partial charge in [0.15, 0.2) is 0 Å². The monoisotopic (exact) mass is 254 g/mol. The van der Waals surface area contributed by atoms with Crippen LogP contribution in [0.1, 0.15) is 26.7 Å². The molecule has 0 aliphatic carbocycles. The summed E-state index contributed by atoms with van der Waals surface area (Å²) in [6.07, 6.45) is 2.53. The Bertz CT molecular complexity index is 302. The van der Waals surface area contributed by atoms with E-state index in [4.69, 9.17) is 4.74 Å². The van der Waals surface area contributed by atoms with Crippen LogP contribution in [0.15, 0.2) is 0 Å². The molecule has 104 valence electrons. The highest BCUT2D eigenvalue weighted by atomic mass is 16.5. The van der Waals surface area contributed by atoms with Crippen LogP contribution in [-0.4, -0.2) is 50.7 Å². The Hall–Kier alpha value is -0.610. The van der Waals surface area contributed by atoms with Crippen LogP contribution in [0, 0.1) is 17.3 Å². The summed E-state index contributed by atoms with van der Waals surface area (Å²) in [6, 6.07) is 0. The number of methoxy groups -OCH3 is 1. The molecule has 4 heteroatoms. The van der Waals surface area contributed by atoms with Gasteiger partial charge in [0.2, 0.25) is 0 Å². The van der Waals surface area contributed by atoms with Gasteiger partial charge in [0.25, 0.3) is 0 Å². The zero-order valence-corrected chi connectivity index (χ0v) is 11.9. The molecule has 0 bridgehead atoms. The minimum absolute atomic E-state index is 0.0530. The molecule has 1 N–H and O–H groups in total. The highest BCUT2D eigenvalue weighted by Crippen LogP contribution is 2.37. The fourth-order valence-corrected chi connectivity index (χ4v) is 3.34. The number of piperidine rings is 1. The van der Waals surface area contributed by atoms with Crippen molar-refractivity contribution in [3.63, 3.8) is 0 Å². The fourth-order valence-electron chi connectivity index (χ4n) is 3.34. The van der Waals surface area contributed by atoms with E-state index in [1.807, 2.05) is 6.92 Å². The van der Waals surface area contributed by atoms with E-state index >= 15 is 0 Å². The molecule has 18 heavy (non-hydrogen) atoms. The van der Waals surface area contributed by atoms with Gasteiger partial charge in [0.05, 0.1) is 12.5 Å². The van der Waals surface area contributed by atoms with Crippen molar-refractivity contribution in [3.8, 4) is 0 Å². The molecule has 0 unspecified atom stereocenters. The van der Waals surface area contributed by atoms with Crippen molar-refractivity contribution < 1.29 is 9.53 Å². The number of likely N-dealkylation sites (tertiary alicyclic amines) is 1. The number of hydrogen-bond donors (Lipinski definition) is 1. The smallest absolute Gasteiger partial charge is 0.313 e. The van der Waals surface area contributed by atoms with Gasteiger partial charge in [-0.05, 0) is 44.7 Å². The number of hydrogen-bond acceptors (Lipinski definition) is 4. The third-order valence-electron chi connectivity index (χ3n) is 4.80. The molecule has 4 nitrogen and oxygen atoms in total. The lowest BCUT2D eigenvalue weighted by molar-refractivity contribution is -0.152. The average Bonchev–Trinajstić information content (AvgIpc) is 2.66. The van der Waals surface area contributed by atoms with Gasteiger partial charge < -0.3 is 15.0 Å². The molecule has 2 atom stereocenters. The number of carbonyl (C=O) groups is 1. The number of carbonyl (C=O) groups excluding carboxylic acids is 1. The summed E-state index contributed by atoms with van der Waals surface area (Å²) in [4.78, 5) is 14.4. The van der Waals surface area contributed by atoms with Gasteiger partial charge in [0.1, 0.15) is 0 Å². The van der Waals surface area contributed by atoms with Gasteiger partial charge in [-0.1, -0.05) is 6.92 Å². The van der Waals surface area contributed by atoms with Crippen molar-refractivity contribution in [2.45, 2.75) is 26.7 Å². The maximum absolute atomic E-state index is 11.9. The Labute approximate surface area is 110 Å². The normalized spacial score (nSPS) is 34.7. The molecule has 0 amide bonds. The number of ether oxygens (including phenoxy) is 1. The molecule has 0 aromatic heterocycles. The molecule has 0 radical (unpaired) electrons. The van der Waals surface area contributed by atoms with Gasteiger partial charge >= 0.3 is 5.97 Å². The molecule has 0 saturated carbocycles. The summed E-state index contributed by atoms with van der Waals surface area (Å²) in [5.74, 6) is 1.12. The van der Waals surface area contributed by atoms with E-state index in [0.29, 0.717) is 5.92 Å². The molecule has 2 aliphatic rings. The van der Waals surface area contributed by atoms with E-state index in [0.717, 1.165) is 38.6 Å². The van der Waals surface area contributed by atoms with Gasteiger partial charge in [-0.3, -0.25) is 4.79 Å². The molecule has 2 rings (SSSR count). The molecule has 2 fully saturated rings. The van der Waals surface area contributed by atoms with E-state index in [1.54, 1.807) is 0 Å². The first-order valence-electron chi connectivity index (χ1n) is 7.07. The van der Waals surface area contributed by atoms with Crippen LogP contribution in [0.3, 0.4) is 0 Å². The first kappa shape index (κ1) is 13.8. The Morgan fingerprint density at radius 2 is 2.11 bits per heavy atom. The van der Waals surface area contributed by atoms with Crippen molar-refractivity contribution in [2.75, 3.05) is 39.8 Å². The van der Waals surface area contributed by atoms with Gasteiger partial charge in [-0.2, -0.15) is 0 Å². The first-order chi connectivity index (χ1) is 8.56. The van der Waals surface area contributed by atoms with Crippen LogP contribution in [0.4, 0.5) is 0 Å². The Kier molecular flexibility index (Phi) is 4.28. The molecular formula is C14H26N2O2. The van der Waals surface area contributed by atoms with Gasteiger partial charge in [-0.25, -0.2) is 0 Å². The third kappa shape index (κ3) is 2.69. The summed E-state index contributed by atoms with van der Waals surface area (Å²) in [5.41, 5.74) is -0.318. The van der Waals surface area contributed by atoms with Crippen molar-refractivity contribution in [1.29, 1.82) is 0 Å². The van der Waals surface area contributed by atoms with Crippen LogP contribution in [-0.2, 0) is 9.53 Å². The summed E-state index contributed by atoms with van der Waals surface area (Å²) in [6.45, 7) is 9.51. The van der Waals surface area contributed by atoms with Crippen LogP contribution in [0.5, 0.6) is 0 Å². The maximum atomic E-state index is 11.9. The zero-order chi connectivity index (χ0) is 13.2. The zero-order valence-electron chi connectivity index (χ0n) is 11.9. The number of nitrogens with one attached hydrogen (secondary N) is 1. The van der Waals surface area contributed by atoms with Crippen LogP contribution in [0.2, 0.25) is 0 Å². The van der Waals surface area contributed by atoms with Crippen LogP contribution in [0.25, 0.3) is 0 Å². The SMILES string of the molecule is COC(=O)[C@]1(C)CN(CC2CCNCC2)C[C@H]1C. The van der Waals surface area contributed by atoms with Crippen LogP contribution >= 0.6 is 0 Å². The van der Waals surface area contributed by atoms with E-state index in [1.165, 1.54) is 20.0 Å². The maximum Gasteiger partial charge on any atom is 0.313 e. The van der Waals surface area contributed by atoms with Crippen molar-refractivity contribution in [2.24, 2.45) is 17.3 Å². The highest BCUT2D eigenvalue weighted by Gasteiger charge is 2.47. The van der Waals surface area contributed by atoms with Gasteiger partial charge in [-0.15, -0.1) is 0 Å². The summed E-state index contributed by atoms with van der Waals surface area (Å²) >= 11 is 0. The standard InChI is InChI=1S/C14H26N2O2/c1-11-8-16(9-12-4-6-15-7-5-12)10-14(11,2)13(17)18-3/h11-12,15H,4-10H2,1-3H3/t11-,14-/m1/s1. The van der Waals surface area contributed by atoms with E-state index in [2.05, 4.69) is 17.1 Å². The second-order valence-corrected chi connectivity index (χ2v) is 6.20. The van der Waals surface area contributed by atoms with Crippen molar-refractivity contribution >= 4 is 5.97 Å². The average molecular weight is 254 g/mol. The lowest BCUT2D eigenvalue weighted by Crippen LogP contribution is -2.38. The quantitative estimate of drug-likeness (QED) is 0.766. The number of esters is 1. The topological polar surface area (TPSA) is 41.6 Å². The second kappa shape index (κ2) is 5.57. The number of nitrogens with zero attached hydrogens (tertiary/aromatic N) is 1. The Morgan fingerprint density at radius 3 is 2.72 bits per heavy atom. The van der Waals surface area contributed by atoms with Crippen molar-refractivity contribution in [1.82, 2.24) is 10.2 Å². The molecule has 0 aromatic carbocycles. The predicted octanol–water partition coefficient (Wildman–Crippen LogP) is 1.12. The van der Waals surface area contributed by atoms with Crippen LogP contribution < -0.4 is 5.32 Å². The summed E-state index contributed by atoms with van der Waals surface area (Å²) < 4.78 is 4.97. The van der Waals surface area contributed by atoms with Crippen molar-refractivity contribution in [3.05, 3.63) is 0 Å². The second-order valence-electron chi connectivity index (χ2n) is 6.20. The fraction of sp³-hybridized carbons (Fsp3) is 0.929. The third-order valence-corrected chi connectivity index (χ3v) is 4.80. The molecule has 2 aliphatic heterocycles. The lowest BCUT2D eigenvalue weighted by atomic mass is 9.81. The minimum atomic E-state index is -0.318. The number of rotatable bonds is 3. The highest BCUT2D eigenvalue weighted by molar-refractivity contribution is 5.77. The molecule has 0 aromatic rings. The lowest BCUT2D eigenvalue weighted by Gasteiger charge is -2.28. The molecular weight excluding hydrogens is 228 g/mol. The largest absolute Gasteiger partial charge is 0.469 e. The minimum Gasteiger partial charge on any atom is -0.469 e. The van der Waals surface area contributed by atoms with E-state index in [-0.39, 0.29) is 11.4 Å². The van der Waals surface area contributed by atoms with Gasteiger partial charge in [0, 0.05) is 19.6 Å². The Balaban J connectivity index is 1.91. The molecule has 2 heterocycles. The predicted molar refractivity (Wildman–Crippen MR) is 71.3 cm³/mol. The molecule has 0 spiro atoms. The summed E-state index contributed by atoms with van der Waals surface area (Å²) in [7, 11) is 1.50. The molecule has 2 saturated heterocycles. The van der Waals surface area contributed by atoms with E-state index in [9.17, 15) is 4.79 Å². The summed E-state index contributed by atoms with van der Waals surface area (Å²) in [5, 5.41) is 3.40. The first-order valence-corrected chi connectivity index (χ1v) is 7.07. The van der Waals surface area contributed by atoms with E-state index < -0.39 is 0 Å².